The topological polar surface area (TPSA) is 97.7 Å². The van der Waals surface area contributed by atoms with Crippen molar-refractivity contribution in [2.24, 2.45) is 7.05 Å². The molecule has 0 atom stereocenters. The van der Waals surface area contributed by atoms with Crippen molar-refractivity contribution >= 4 is 27.1 Å². The first-order valence-corrected chi connectivity index (χ1v) is 13.1. The lowest BCUT2D eigenvalue weighted by molar-refractivity contribution is 0.102. The Morgan fingerprint density at radius 3 is 2.47 bits per heavy atom. The number of amides is 1. The molecule has 0 unspecified atom stereocenters. The predicted molar refractivity (Wildman–Crippen MR) is 131 cm³/mol. The summed E-state index contributed by atoms with van der Waals surface area (Å²) in [4.78, 5) is 27.2. The van der Waals surface area contributed by atoms with Crippen LogP contribution in [0.1, 0.15) is 23.2 Å². The summed E-state index contributed by atoms with van der Waals surface area (Å²) in [5.74, 6) is -2.13. The van der Waals surface area contributed by atoms with Gasteiger partial charge in [0.25, 0.3) is 11.5 Å². The van der Waals surface area contributed by atoms with Gasteiger partial charge >= 0.3 is 0 Å². The highest BCUT2D eigenvalue weighted by molar-refractivity contribution is 7.90. The van der Waals surface area contributed by atoms with Crippen LogP contribution in [0.15, 0.2) is 64.4 Å². The maximum absolute atomic E-state index is 14.0. The van der Waals surface area contributed by atoms with Gasteiger partial charge in [0, 0.05) is 51.5 Å². The van der Waals surface area contributed by atoms with Crippen molar-refractivity contribution in [2.45, 2.75) is 23.8 Å². The van der Waals surface area contributed by atoms with E-state index in [4.69, 9.17) is 4.74 Å². The fraction of sp³-hybridized carbons (Fsp3) is 0.280. The largest absolute Gasteiger partial charge is 0.487 e. The zero-order chi connectivity index (χ0) is 26.0. The molecule has 0 bridgehead atoms. The number of nitrogens with zero attached hydrogens (tertiary/aromatic N) is 2. The number of rotatable bonds is 6. The number of ether oxygens (including phenoxy) is 1. The van der Waals surface area contributed by atoms with Crippen molar-refractivity contribution in [3.8, 4) is 5.75 Å². The molecule has 0 spiro atoms. The molecule has 1 N–H and O–H groups in total. The molecule has 4 rings (SSSR count). The minimum absolute atomic E-state index is 0.0358. The fourth-order valence-electron chi connectivity index (χ4n) is 4.03. The van der Waals surface area contributed by atoms with Crippen LogP contribution in [-0.4, -0.2) is 44.3 Å². The third-order valence-electron chi connectivity index (χ3n) is 5.98. The Hall–Kier alpha value is -3.73. The molecule has 8 nitrogen and oxygen atoms in total. The Kier molecular flexibility index (Phi) is 7.11. The summed E-state index contributed by atoms with van der Waals surface area (Å²) >= 11 is 0. The third kappa shape index (κ3) is 5.56. The summed E-state index contributed by atoms with van der Waals surface area (Å²) in [7, 11) is -1.99. The Bertz CT molecular complexity index is 1460. The van der Waals surface area contributed by atoms with Gasteiger partial charge in [0.1, 0.15) is 17.5 Å². The zero-order valence-electron chi connectivity index (χ0n) is 19.7. The van der Waals surface area contributed by atoms with Crippen LogP contribution >= 0.6 is 0 Å². The predicted octanol–water partition coefficient (Wildman–Crippen LogP) is 3.37. The van der Waals surface area contributed by atoms with Crippen LogP contribution in [0.5, 0.6) is 5.75 Å². The van der Waals surface area contributed by atoms with E-state index in [1.807, 2.05) is 4.90 Å². The number of carbonyl (C=O) groups is 1. The van der Waals surface area contributed by atoms with Gasteiger partial charge in [-0.3, -0.25) is 9.59 Å². The molecule has 1 fully saturated rings. The highest BCUT2D eigenvalue weighted by Gasteiger charge is 2.25. The van der Waals surface area contributed by atoms with Gasteiger partial charge < -0.3 is 19.5 Å². The second-order valence-electron chi connectivity index (χ2n) is 8.62. The van der Waals surface area contributed by atoms with Crippen LogP contribution in [0, 0.1) is 11.6 Å². The lowest BCUT2D eigenvalue weighted by Crippen LogP contribution is -2.39. The summed E-state index contributed by atoms with van der Waals surface area (Å²) in [5.41, 5.74) is 0.314. The van der Waals surface area contributed by atoms with Crippen molar-refractivity contribution in [2.75, 3.05) is 29.6 Å². The fourth-order valence-corrected chi connectivity index (χ4v) is 4.68. The van der Waals surface area contributed by atoms with Gasteiger partial charge in [-0.05, 0) is 42.5 Å². The van der Waals surface area contributed by atoms with E-state index in [9.17, 15) is 26.8 Å². The number of aryl methyl sites for hydroxylation is 1. The van der Waals surface area contributed by atoms with Gasteiger partial charge in [-0.15, -0.1) is 0 Å². The number of sulfone groups is 1. The van der Waals surface area contributed by atoms with E-state index in [0.717, 1.165) is 18.4 Å². The van der Waals surface area contributed by atoms with Crippen molar-refractivity contribution < 1.29 is 26.7 Å². The van der Waals surface area contributed by atoms with E-state index >= 15 is 0 Å². The second kappa shape index (κ2) is 10.1. The molecule has 2 heterocycles. The molecule has 1 aliphatic heterocycles. The van der Waals surface area contributed by atoms with Gasteiger partial charge in [0.15, 0.2) is 21.4 Å². The number of anilines is 2. The van der Waals surface area contributed by atoms with E-state index in [1.54, 1.807) is 6.07 Å². The van der Waals surface area contributed by atoms with Crippen LogP contribution in [0.3, 0.4) is 0 Å². The number of pyridine rings is 1. The van der Waals surface area contributed by atoms with Gasteiger partial charge in [0.05, 0.1) is 16.3 Å². The number of nitrogens with one attached hydrogen (secondary N) is 1. The molecule has 190 valence electrons. The number of halogens is 2. The zero-order valence-corrected chi connectivity index (χ0v) is 20.5. The maximum Gasteiger partial charge on any atom is 0.263 e. The first-order valence-electron chi connectivity index (χ1n) is 11.2. The monoisotopic (exact) mass is 517 g/mol. The molecular weight excluding hydrogens is 492 g/mol. The van der Waals surface area contributed by atoms with Crippen molar-refractivity contribution in [3.05, 3.63) is 82.3 Å². The second-order valence-corrected chi connectivity index (χ2v) is 10.6. The molecular formula is C25H25F2N3O5S. The first-order chi connectivity index (χ1) is 17.0. The summed E-state index contributed by atoms with van der Waals surface area (Å²) in [6.07, 6.45) is 3.26. The Labute approximate surface area is 207 Å². The van der Waals surface area contributed by atoms with Crippen molar-refractivity contribution in [1.29, 1.82) is 0 Å². The molecule has 1 amide bonds. The summed E-state index contributed by atoms with van der Waals surface area (Å²) in [6.45, 7) is 0.855. The summed E-state index contributed by atoms with van der Waals surface area (Å²) in [6, 6.07) is 10.5. The Morgan fingerprint density at radius 2 is 1.81 bits per heavy atom. The molecule has 1 saturated heterocycles. The quantitative estimate of drug-likeness (QED) is 0.539. The van der Waals surface area contributed by atoms with Crippen LogP contribution in [0.25, 0.3) is 0 Å². The van der Waals surface area contributed by atoms with Crippen molar-refractivity contribution in [1.82, 2.24) is 4.57 Å². The SMILES string of the molecule is Cn1cccc(C(=O)Nc2ccc(S(C)(=O)=O)cc2N2CCC(Oc3ccc(F)cc3F)CC2)c1=O. The smallest absolute Gasteiger partial charge is 0.263 e. The Balaban J connectivity index is 1.56. The average molecular weight is 518 g/mol. The van der Waals surface area contributed by atoms with Gasteiger partial charge in [-0.25, -0.2) is 17.2 Å². The van der Waals surface area contributed by atoms with E-state index in [2.05, 4.69) is 5.32 Å². The summed E-state index contributed by atoms with van der Waals surface area (Å²) in [5, 5.41) is 2.73. The summed E-state index contributed by atoms with van der Waals surface area (Å²) < 4.78 is 58.5. The van der Waals surface area contributed by atoms with Crippen LogP contribution < -0.4 is 20.5 Å². The van der Waals surface area contributed by atoms with Gasteiger partial charge in [-0.2, -0.15) is 0 Å². The highest BCUT2D eigenvalue weighted by atomic mass is 32.2. The number of hydrogen-bond acceptors (Lipinski definition) is 6. The molecule has 0 radical (unpaired) electrons. The number of benzene rings is 2. The molecule has 11 heteroatoms. The van der Waals surface area contributed by atoms with E-state index in [-0.39, 0.29) is 22.3 Å². The minimum atomic E-state index is -3.52. The van der Waals surface area contributed by atoms with Crippen molar-refractivity contribution in [3.63, 3.8) is 0 Å². The molecule has 3 aromatic rings. The molecule has 36 heavy (non-hydrogen) atoms. The van der Waals surface area contributed by atoms with Crippen LogP contribution in [-0.2, 0) is 16.9 Å². The van der Waals surface area contributed by atoms with Crippen LogP contribution in [0.2, 0.25) is 0 Å². The Morgan fingerprint density at radius 1 is 1.08 bits per heavy atom. The van der Waals surface area contributed by atoms with E-state index < -0.39 is 32.9 Å². The number of piperidine rings is 1. The lowest BCUT2D eigenvalue weighted by atomic mass is 10.1. The van der Waals surface area contributed by atoms with Gasteiger partial charge in [0.2, 0.25) is 0 Å². The first kappa shape index (κ1) is 25.4. The maximum atomic E-state index is 14.0. The van der Waals surface area contributed by atoms with E-state index in [1.165, 1.54) is 48.1 Å². The molecule has 0 aliphatic carbocycles. The third-order valence-corrected chi connectivity index (χ3v) is 7.09. The highest BCUT2D eigenvalue weighted by Crippen LogP contribution is 2.32. The minimum Gasteiger partial charge on any atom is -0.487 e. The molecule has 1 aromatic heterocycles. The molecule has 1 aliphatic rings. The lowest BCUT2D eigenvalue weighted by Gasteiger charge is -2.35. The normalized spacial score (nSPS) is 14.5. The average Bonchev–Trinajstić information content (AvgIpc) is 2.82. The number of aromatic nitrogens is 1. The van der Waals surface area contributed by atoms with Gasteiger partial charge in [-0.1, -0.05) is 0 Å². The van der Waals surface area contributed by atoms with E-state index in [0.29, 0.717) is 37.3 Å². The van der Waals surface area contributed by atoms with Crippen LogP contribution in [0.4, 0.5) is 20.2 Å². The standard InChI is InChI=1S/C25H25F2N3O5S/c1-29-11-3-4-19(25(29)32)24(31)28-21-7-6-18(36(2,33)34)15-22(21)30-12-9-17(10-13-30)35-23-8-5-16(26)14-20(23)27/h3-8,11,14-15,17H,9-10,12-13H2,1-2H3,(H,28,31). The molecule has 0 saturated carbocycles. The number of hydrogen-bond donors (Lipinski definition) is 1. The molecule has 2 aromatic carbocycles. The number of carbonyl (C=O) groups excluding carboxylic acids is 1.